The van der Waals surface area contributed by atoms with Crippen molar-refractivity contribution < 1.29 is 22.9 Å². The monoisotopic (exact) mass is 615 g/mol. The molecule has 1 amide bonds. The van der Waals surface area contributed by atoms with Crippen molar-refractivity contribution in [2.45, 2.75) is 199 Å². The van der Waals surface area contributed by atoms with Crippen LogP contribution in [-0.4, -0.2) is 41.9 Å². The molecule has 0 aliphatic carbocycles. The summed E-state index contributed by atoms with van der Waals surface area (Å²) in [5, 5.41) is 13.1. The van der Waals surface area contributed by atoms with Crippen molar-refractivity contribution >= 4 is 16.0 Å². The highest BCUT2D eigenvalue weighted by Crippen LogP contribution is 2.15. The van der Waals surface area contributed by atoms with Gasteiger partial charge in [-0.2, -0.15) is 8.42 Å². The topological polar surface area (TPSA) is 104 Å². The number of aliphatic hydroxyl groups excluding tert-OH is 1. The molecule has 250 valence electrons. The predicted octanol–water partition coefficient (Wildman–Crippen LogP) is 9.85. The minimum Gasteiger partial charge on any atom is -0.387 e. The summed E-state index contributed by atoms with van der Waals surface area (Å²) in [5.74, 6) is -0.973. The van der Waals surface area contributed by atoms with Crippen LogP contribution in [0.25, 0.3) is 0 Å². The lowest BCUT2D eigenvalue weighted by Crippen LogP contribution is -2.46. The molecule has 0 radical (unpaired) electrons. The number of unbranched alkanes of at least 4 members (excludes halogenated alkanes) is 24. The molecular formula is C35H69NO5S. The zero-order chi connectivity index (χ0) is 31.2. The molecule has 0 aromatic rings. The molecule has 0 spiro atoms. The molecule has 0 aromatic carbocycles. The van der Waals surface area contributed by atoms with Crippen LogP contribution in [0.2, 0.25) is 0 Å². The molecule has 0 aromatic heterocycles. The fraction of sp³-hybridized carbons (Fsp3) is 0.914. The molecule has 0 saturated carbocycles. The Morgan fingerprint density at radius 1 is 0.619 bits per heavy atom. The van der Waals surface area contributed by atoms with Gasteiger partial charge >= 0.3 is 0 Å². The lowest BCUT2D eigenvalue weighted by molar-refractivity contribution is -0.122. The molecule has 3 N–H and O–H groups in total. The van der Waals surface area contributed by atoms with Gasteiger partial charge in [0.1, 0.15) is 0 Å². The third-order valence-corrected chi connectivity index (χ3v) is 8.99. The molecule has 0 aliphatic rings. The Hall–Kier alpha value is -0.920. The van der Waals surface area contributed by atoms with E-state index < -0.39 is 28.0 Å². The number of aliphatic hydroxyl groups is 1. The second-order valence-corrected chi connectivity index (χ2v) is 14.0. The van der Waals surface area contributed by atoms with Crippen LogP contribution in [0, 0.1) is 0 Å². The summed E-state index contributed by atoms with van der Waals surface area (Å²) < 4.78 is 32.3. The molecule has 0 saturated heterocycles. The first-order chi connectivity index (χ1) is 20.3. The second-order valence-electron chi connectivity index (χ2n) is 12.5. The maximum Gasteiger partial charge on any atom is 0.267 e. The third kappa shape index (κ3) is 30.5. The summed E-state index contributed by atoms with van der Waals surface area (Å²) >= 11 is 0. The Morgan fingerprint density at radius 2 is 0.976 bits per heavy atom. The highest BCUT2D eigenvalue weighted by atomic mass is 32.2. The Labute approximate surface area is 261 Å². The van der Waals surface area contributed by atoms with Gasteiger partial charge in [0, 0.05) is 6.42 Å². The lowest BCUT2D eigenvalue weighted by atomic mass is 10.0. The van der Waals surface area contributed by atoms with Crippen molar-refractivity contribution in [2.75, 3.05) is 5.75 Å². The fourth-order valence-electron chi connectivity index (χ4n) is 5.51. The lowest BCUT2D eigenvalue weighted by Gasteiger charge is -2.21. The molecule has 6 nitrogen and oxygen atoms in total. The minimum atomic E-state index is -4.33. The fourth-order valence-corrected chi connectivity index (χ4v) is 6.24. The van der Waals surface area contributed by atoms with Gasteiger partial charge in [-0.15, -0.1) is 0 Å². The number of carbonyl (C=O) groups excluding carboxylic acids is 1. The molecular weight excluding hydrogens is 546 g/mol. The van der Waals surface area contributed by atoms with Crippen LogP contribution in [0.5, 0.6) is 0 Å². The van der Waals surface area contributed by atoms with Crippen LogP contribution < -0.4 is 5.32 Å². The van der Waals surface area contributed by atoms with Crippen LogP contribution in [0.3, 0.4) is 0 Å². The minimum absolute atomic E-state index is 0.280. The number of carbonyl (C=O) groups is 1. The van der Waals surface area contributed by atoms with E-state index in [-0.39, 0.29) is 5.91 Å². The summed E-state index contributed by atoms with van der Waals surface area (Å²) in [5.41, 5.74) is 0. The molecule has 0 bridgehead atoms. The van der Waals surface area contributed by atoms with E-state index in [0.717, 1.165) is 38.5 Å². The van der Waals surface area contributed by atoms with E-state index >= 15 is 0 Å². The normalized spacial score (nSPS) is 13.5. The van der Waals surface area contributed by atoms with Crippen molar-refractivity contribution in [3.8, 4) is 0 Å². The number of nitrogens with one attached hydrogen (secondary N) is 1. The summed E-state index contributed by atoms with van der Waals surface area (Å²) in [6, 6.07) is -1.05. The Balaban J connectivity index is 3.96. The van der Waals surface area contributed by atoms with Crippen molar-refractivity contribution in [1.82, 2.24) is 5.32 Å². The molecule has 2 unspecified atom stereocenters. The third-order valence-electron chi connectivity index (χ3n) is 8.21. The van der Waals surface area contributed by atoms with Gasteiger partial charge in [-0.25, -0.2) is 0 Å². The molecule has 0 fully saturated rings. The highest BCUT2D eigenvalue weighted by Gasteiger charge is 2.24. The maximum absolute atomic E-state index is 12.4. The van der Waals surface area contributed by atoms with E-state index in [9.17, 15) is 22.9 Å². The van der Waals surface area contributed by atoms with E-state index in [1.165, 1.54) is 128 Å². The zero-order valence-corrected chi connectivity index (χ0v) is 28.5. The number of rotatable bonds is 32. The summed E-state index contributed by atoms with van der Waals surface area (Å²) in [6.45, 7) is 4.49. The van der Waals surface area contributed by atoms with Crippen molar-refractivity contribution in [1.29, 1.82) is 0 Å². The van der Waals surface area contributed by atoms with Gasteiger partial charge in [-0.3, -0.25) is 9.35 Å². The molecule has 7 heteroatoms. The molecule has 2 atom stereocenters. The first-order valence-corrected chi connectivity index (χ1v) is 19.5. The van der Waals surface area contributed by atoms with Crippen LogP contribution in [0.4, 0.5) is 0 Å². The first-order valence-electron chi connectivity index (χ1n) is 17.9. The van der Waals surface area contributed by atoms with Crippen molar-refractivity contribution in [3.63, 3.8) is 0 Å². The number of allylic oxidation sites excluding steroid dienone is 1. The van der Waals surface area contributed by atoms with Crippen LogP contribution in [0.15, 0.2) is 12.2 Å². The van der Waals surface area contributed by atoms with Crippen LogP contribution in [0.1, 0.15) is 187 Å². The first kappa shape index (κ1) is 41.1. The summed E-state index contributed by atoms with van der Waals surface area (Å²) in [6.07, 6.45) is 34.8. The highest BCUT2D eigenvalue weighted by molar-refractivity contribution is 7.85. The van der Waals surface area contributed by atoms with Crippen molar-refractivity contribution in [3.05, 3.63) is 12.2 Å². The maximum atomic E-state index is 12.4. The summed E-state index contributed by atoms with van der Waals surface area (Å²) in [4.78, 5) is 12.4. The quantitative estimate of drug-likeness (QED) is 0.0397. The Morgan fingerprint density at radius 3 is 1.36 bits per heavy atom. The number of amides is 1. The standard InChI is InChI=1S/C35H69NO5S/c1-3-5-7-9-11-13-15-16-17-18-19-20-21-22-24-26-28-30-34(37)33(32-42(39,40)41)36-35(38)31-29-27-25-23-14-12-10-8-6-4-2/h28,30,33-34,37H,3-27,29,31-32H2,1-2H3,(H,36,38)(H,39,40,41)/b30-28+. The Bertz CT molecular complexity index is 725. The molecule has 0 heterocycles. The SMILES string of the molecule is CCCCCCCCCCCCCCCCC/C=C/C(O)C(CS(=O)(=O)O)NC(=O)CCCCCCCCCCCC. The summed E-state index contributed by atoms with van der Waals surface area (Å²) in [7, 11) is -4.33. The van der Waals surface area contributed by atoms with E-state index in [4.69, 9.17) is 0 Å². The van der Waals surface area contributed by atoms with Crippen LogP contribution in [-0.2, 0) is 14.9 Å². The van der Waals surface area contributed by atoms with E-state index in [2.05, 4.69) is 19.2 Å². The average molecular weight is 616 g/mol. The van der Waals surface area contributed by atoms with Crippen LogP contribution >= 0.6 is 0 Å². The molecule has 0 aliphatic heterocycles. The molecule has 0 rings (SSSR count). The largest absolute Gasteiger partial charge is 0.387 e. The van der Waals surface area contributed by atoms with Gasteiger partial charge in [0.05, 0.1) is 17.9 Å². The van der Waals surface area contributed by atoms with Crippen molar-refractivity contribution in [2.24, 2.45) is 0 Å². The van der Waals surface area contributed by atoms with E-state index in [1.807, 2.05) is 6.08 Å². The van der Waals surface area contributed by atoms with Gasteiger partial charge in [0.2, 0.25) is 5.91 Å². The number of hydrogen-bond donors (Lipinski definition) is 3. The van der Waals surface area contributed by atoms with E-state index in [1.54, 1.807) is 6.08 Å². The average Bonchev–Trinajstić information content (AvgIpc) is 2.94. The zero-order valence-electron chi connectivity index (χ0n) is 27.6. The van der Waals surface area contributed by atoms with E-state index in [0.29, 0.717) is 6.42 Å². The van der Waals surface area contributed by atoms with Gasteiger partial charge in [-0.1, -0.05) is 174 Å². The second kappa shape index (κ2) is 30.1. The molecule has 42 heavy (non-hydrogen) atoms. The van der Waals surface area contributed by atoms with Gasteiger partial charge in [-0.05, 0) is 19.3 Å². The smallest absolute Gasteiger partial charge is 0.267 e. The number of hydrogen-bond acceptors (Lipinski definition) is 4. The van der Waals surface area contributed by atoms with Gasteiger partial charge in [0.15, 0.2) is 0 Å². The predicted molar refractivity (Wildman–Crippen MR) is 180 cm³/mol. The van der Waals surface area contributed by atoms with Gasteiger partial charge in [0.25, 0.3) is 10.1 Å². The van der Waals surface area contributed by atoms with Gasteiger partial charge < -0.3 is 10.4 Å². The Kier molecular flexibility index (Phi) is 29.5.